The maximum atomic E-state index is 12.3. The van der Waals surface area contributed by atoms with Gasteiger partial charge >= 0.3 is 0 Å². The molecule has 0 aliphatic rings. The molecule has 1 aromatic carbocycles. The number of nitrogens with zero attached hydrogens (tertiary/aromatic N) is 2. The SMILES string of the molecule is CCN(C#N)C(=O)C(CSC)NC(=O)c1cccc(CCl)c1. The number of likely N-dealkylation sites (N-methyl/N-ethyl adjacent to an activating group) is 1. The second kappa shape index (κ2) is 9.34. The first-order valence-electron chi connectivity index (χ1n) is 6.73. The highest BCUT2D eigenvalue weighted by Gasteiger charge is 2.25. The van der Waals surface area contributed by atoms with Crippen LogP contribution in [0.15, 0.2) is 24.3 Å². The topological polar surface area (TPSA) is 73.2 Å². The van der Waals surface area contributed by atoms with E-state index in [4.69, 9.17) is 16.9 Å². The molecule has 1 atom stereocenters. The minimum absolute atomic E-state index is 0.276. The number of carbonyl (C=O) groups is 2. The number of rotatable bonds is 7. The lowest BCUT2D eigenvalue weighted by Gasteiger charge is -2.21. The zero-order chi connectivity index (χ0) is 16.5. The number of benzene rings is 1. The first-order valence-corrected chi connectivity index (χ1v) is 8.66. The molecule has 0 bridgehead atoms. The molecule has 0 saturated heterocycles. The smallest absolute Gasteiger partial charge is 0.259 e. The average Bonchev–Trinajstić information content (AvgIpc) is 2.55. The van der Waals surface area contributed by atoms with Gasteiger partial charge < -0.3 is 5.32 Å². The minimum atomic E-state index is -0.734. The standard InChI is InChI=1S/C15H18ClN3O2S/c1-3-19(10-17)15(21)13(9-22-2)18-14(20)12-6-4-5-11(7-12)8-16/h4-7,13H,3,8-9H2,1-2H3,(H,18,20). The quantitative estimate of drug-likeness (QED) is 0.469. The predicted molar refractivity (Wildman–Crippen MR) is 88.6 cm³/mol. The Morgan fingerprint density at radius 2 is 2.23 bits per heavy atom. The van der Waals surface area contributed by atoms with Crippen molar-refractivity contribution in [3.63, 3.8) is 0 Å². The molecule has 1 aromatic rings. The Kier molecular flexibility index (Phi) is 7.78. The van der Waals surface area contributed by atoms with Crippen molar-refractivity contribution in [3.8, 4) is 6.19 Å². The fourth-order valence-electron chi connectivity index (χ4n) is 1.84. The number of carbonyl (C=O) groups excluding carboxylic acids is 2. The van der Waals surface area contributed by atoms with Crippen LogP contribution in [-0.4, -0.2) is 41.3 Å². The van der Waals surface area contributed by atoms with E-state index in [-0.39, 0.29) is 12.5 Å². The van der Waals surface area contributed by atoms with Gasteiger partial charge in [0.05, 0.1) is 0 Å². The van der Waals surface area contributed by atoms with Gasteiger partial charge in [0.1, 0.15) is 6.04 Å². The monoisotopic (exact) mass is 339 g/mol. The van der Waals surface area contributed by atoms with Crippen LogP contribution in [-0.2, 0) is 10.7 Å². The Hall–Kier alpha value is -1.71. The Balaban J connectivity index is 2.88. The van der Waals surface area contributed by atoms with Gasteiger partial charge in [0, 0.05) is 23.7 Å². The molecule has 7 heteroatoms. The van der Waals surface area contributed by atoms with E-state index in [0.717, 1.165) is 10.5 Å². The zero-order valence-electron chi connectivity index (χ0n) is 12.5. The molecule has 0 aliphatic heterocycles. The van der Waals surface area contributed by atoms with Crippen molar-refractivity contribution in [1.82, 2.24) is 10.2 Å². The number of thioether (sulfide) groups is 1. The van der Waals surface area contributed by atoms with Crippen molar-refractivity contribution in [2.75, 3.05) is 18.6 Å². The van der Waals surface area contributed by atoms with E-state index >= 15 is 0 Å². The van der Waals surface area contributed by atoms with Gasteiger partial charge in [0.15, 0.2) is 6.19 Å². The van der Waals surface area contributed by atoms with E-state index in [1.807, 2.05) is 18.5 Å². The predicted octanol–water partition coefficient (Wildman–Crippen LogP) is 2.22. The summed E-state index contributed by atoms with van der Waals surface area (Å²) >= 11 is 7.19. The molecule has 0 spiro atoms. The number of alkyl halides is 1. The van der Waals surface area contributed by atoms with Crippen LogP contribution < -0.4 is 5.32 Å². The second-order valence-electron chi connectivity index (χ2n) is 4.50. The molecule has 118 valence electrons. The summed E-state index contributed by atoms with van der Waals surface area (Å²) in [6.45, 7) is 1.99. The fourth-order valence-corrected chi connectivity index (χ4v) is 2.57. The molecule has 0 aromatic heterocycles. The van der Waals surface area contributed by atoms with E-state index in [0.29, 0.717) is 17.2 Å². The molecule has 22 heavy (non-hydrogen) atoms. The lowest BCUT2D eigenvalue weighted by atomic mass is 10.1. The molecule has 1 N–H and O–H groups in total. The van der Waals surface area contributed by atoms with Crippen LogP contribution in [0.5, 0.6) is 0 Å². The summed E-state index contributed by atoms with van der Waals surface area (Å²) in [6.07, 6.45) is 3.66. The summed E-state index contributed by atoms with van der Waals surface area (Å²) < 4.78 is 0. The summed E-state index contributed by atoms with van der Waals surface area (Å²) in [5, 5.41) is 11.6. The minimum Gasteiger partial charge on any atom is -0.339 e. The van der Waals surface area contributed by atoms with E-state index in [9.17, 15) is 9.59 Å². The highest BCUT2D eigenvalue weighted by Crippen LogP contribution is 2.09. The van der Waals surface area contributed by atoms with Crippen molar-refractivity contribution in [2.24, 2.45) is 0 Å². The van der Waals surface area contributed by atoms with Crippen LogP contribution in [0.3, 0.4) is 0 Å². The molecule has 0 heterocycles. The summed E-state index contributed by atoms with van der Waals surface area (Å²) in [5.74, 6) is -0.0425. The Morgan fingerprint density at radius 1 is 1.50 bits per heavy atom. The number of nitrogens with one attached hydrogen (secondary N) is 1. The zero-order valence-corrected chi connectivity index (χ0v) is 14.1. The van der Waals surface area contributed by atoms with E-state index in [1.165, 1.54) is 11.8 Å². The maximum Gasteiger partial charge on any atom is 0.259 e. The second-order valence-corrected chi connectivity index (χ2v) is 5.68. The van der Waals surface area contributed by atoms with Crippen LogP contribution >= 0.6 is 23.4 Å². The average molecular weight is 340 g/mol. The lowest BCUT2D eigenvalue weighted by molar-refractivity contribution is -0.129. The summed E-state index contributed by atoms with van der Waals surface area (Å²) in [4.78, 5) is 25.6. The van der Waals surface area contributed by atoms with Gasteiger partial charge in [-0.15, -0.1) is 11.6 Å². The van der Waals surface area contributed by atoms with Crippen molar-refractivity contribution in [2.45, 2.75) is 18.8 Å². The number of nitriles is 1. The molecule has 2 amide bonds. The van der Waals surface area contributed by atoms with Crippen molar-refractivity contribution < 1.29 is 9.59 Å². The highest BCUT2D eigenvalue weighted by molar-refractivity contribution is 7.98. The highest BCUT2D eigenvalue weighted by atomic mass is 35.5. The number of halogens is 1. The van der Waals surface area contributed by atoms with Gasteiger partial charge in [0.2, 0.25) is 0 Å². The van der Waals surface area contributed by atoms with Gasteiger partial charge in [-0.05, 0) is 30.9 Å². The molecule has 1 rings (SSSR count). The van der Waals surface area contributed by atoms with Crippen LogP contribution in [0.2, 0.25) is 0 Å². The van der Waals surface area contributed by atoms with Gasteiger partial charge in [-0.25, -0.2) is 4.90 Å². The Labute approximate surface area is 139 Å². The van der Waals surface area contributed by atoms with Crippen molar-refractivity contribution in [3.05, 3.63) is 35.4 Å². The Morgan fingerprint density at radius 3 is 2.77 bits per heavy atom. The first kappa shape index (κ1) is 18.3. The molecule has 0 fully saturated rings. The molecule has 5 nitrogen and oxygen atoms in total. The summed E-state index contributed by atoms with van der Waals surface area (Å²) in [5.41, 5.74) is 1.27. The summed E-state index contributed by atoms with van der Waals surface area (Å²) in [7, 11) is 0. The molecule has 0 aliphatic carbocycles. The molecular formula is C15H18ClN3O2S. The van der Waals surface area contributed by atoms with Gasteiger partial charge in [0.25, 0.3) is 11.8 Å². The number of hydrogen-bond donors (Lipinski definition) is 1. The third-order valence-electron chi connectivity index (χ3n) is 2.98. The van der Waals surface area contributed by atoms with Crippen LogP contribution in [0.25, 0.3) is 0 Å². The van der Waals surface area contributed by atoms with Gasteiger partial charge in [-0.2, -0.15) is 17.0 Å². The fraction of sp³-hybridized carbons (Fsp3) is 0.400. The van der Waals surface area contributed by atoms with E-state index < -0.39 is 11.9 Å². The molecular weight excluding hydrogens is 322 g/mol. The molecule has 1 unspecified atom stereocenters. The molecule has 0 radical (unpaired) electrons. The number of hydrogen-bond acceptors (Lipinski definition) is 4. The Bertz CT molecular complexity index is 574. The molecule has 0 saturated carbocycles. The van der Waals surface area contributed by atoms with Crippen LogP contribution in [0, 0.1) is 11.5 Å². The van der Waals surface area contributed by atoms with E-state index in [1.54, 1.807) is 25.1 Å². The van der Waals surface area contributed by atoms with Gasteiger partial charge in [-0.1, -0.05) is 12.1 Å². The van der Waals surface area contributed by atoms with Crippen molar-refractivity contribution in [1.29, 1.82) is 5.26 Å². The van der Waals surface area contributed by atoms with Crippen molar-refractivity contribution >= 4 is 35.2 Å². The first-order chi connectivity index (χ1) is 10.6. The normalized spacial score (nSPS) is 11.4. The largest absolute Gasteiger partial charge is 0.339 e. The maximum absolute atomic E-state index is 12.3. The third kappa shape index (κ3) is 4.93. The van der Waals surface area contributed by atoms with E-state index in [2.05, 4.69) is 5.32 Å². The summed E-state index contributed by atoms with van der Waals surface area (Å²) in [6, 6.07) is 6.18. The van der Waals surface area contributed by atoms with Crippen LogP contribution in [0.1, 0.15) is 22.8 Å². The number of amides is 2. The van der Waals surface area contributed by atoms with Gasteiger partial charge in [-0.3, -0.25) is 9.59 Å². The van der Waals surface area contributed by atoms with Crippen LogP contribution in [0.4, 0.5) is 0 Å². The lowest BCUT2D eigenvalue weighted by Crippen LogP contribution is -2.48. The third-order valence-corrected chi connectivity index (χ3v) is 3.96.